The number of halogens is 2. The van der Waals surface area contributed by atoms with Gasteiger partial charge in [0.1, 0.15) is 23.1 Å². The van der Waals surface area contributed by atoms with Crippen molar-refractivity contribution in [1.82, 2.24) is 4.90 Å². The van der Waals surface area contributed by atoms with Gasteiger partial charge in [0.2, 0.25) is 0 Å². The quantitative estimate of drug-likeness (QED) is 0.318. The zero-order valence-electron chi connectivity index (χ0n) is 17.0. The molecular weight excluding hydrogens is 437 g/mol. The summed E-state index contributed by atoms with van der Waals surface area (Å²) < 4.78 is 24.8. The van der Waals surface area contributed by atoms with Crippen LogP contribution in [0.1, 0.15) is 29.9 Å². The van der Waals surface area contributed by atoms with Crippen molar-refractivity contribution in [3.05, 3.63) is 94.2 Å². The highest BCUT2D eigenvalue weighted by atomic mass is 35.5. The smallest absolute Gasteiger partial charge is 0.296 e. The molecule has 2 heterocycles. The van der Waals surface area contributed by atoms with Crippen LogP contribution in [0.3, 0.4) is 0 Å². The zero-order chi connectivity index (χ0) is 22.8. The minimum Gasteiger partial charge on any atom is -0.507 e. The van der Waals surface area contributed by atoms with E-state index in [0.717, 1.165) is 0 Å². The van der Waals surface area contributed by atoms with Crippen molar-refractivity contribution in [3.8, 4) is 5.75 Å². The van der Waals surface area contributed by atoms with E-state index in [-0.39, 0.29) is 22.7 Å². The Balaban J connectivity index is 1.85. The van der Waals surface area contributed by atoms with Crippen LogP contribution >= 0.6 is 11.6 Å². The Morgan fingerprint density at radius 1 is 1.19 bits per heavy atom. The summed E-state index contributed by atoms with van der Waals surface area (Å²) >= 11 is 6.24. The second-order valence-electron chi connectivity index (χ2n) is 7.14. The maximum atomic E-state index is 14.0. The highest BCUT2D eigenvalue weighted by Gasteiger charge is 2.46. The summed E-state index contributed by atoms with van der Waals surface area (Å²) in [5.41, 5.74) is 0.414. The van der Waals surface area contributed by atoms with Gasteiger partial charge in [0.25, 0.3) is 11.7 Å². The molecule has 1 aromatic heterocycles. The minimum absolute atomic E-state index is 0.0282. The van der Waals surface area contributed by atoms with Crippen LogP contribution in [0.5, 0.6) is 5.75 Å². The van der Waals surface area contributed by atoms with E-state index in [0.29, 0.717) is 23.7 Å². The third-order valence-electron chi connectivity index (χ3n) is 5.12. The molecule has 1 amide bonds. The number of likely N-dealkylation sites (tertiary alicyclic amines) is 1. The fraction of sp³-hybridized carbons (Fsp3) is 0.167. The lowest BCUT2D eigenvalue weighted by atomic mass is 9.95. The van der Waals surface area contributed by atoms with Crippen molar-refractivity contribution in [3.63, 3.8) is 0 Å². The molecule has 6 nitrogen and oxygen atoms in total. The van der Waals surface area contributed by atoms with E-state index in [4.69, 9.17) is 20.8 Å². The Kier molecular flexibility index (Phi) is 6.01. The first-order valence-electron chi connectivity index (χ1n) is 9.89. The van der Waals surface area contributed by atoms with Crippen LogP contribution in [0.25, 0.3) is 5.76 Å². The summed E-state index contributed by atoms with van der Waals surface area (Å²) in [7, 11) is 0. The third kappa shape index (κ3) is 3.99. The molecule has 0 saturated carbocycles. The Morgan fingerprint density at radius 2 is 2.00 bits per heavy atom. The molecule has 1 unspecified atom stereocenters. The average molecular weight is 456 g/mol. The van der Waals surface area contributed by atoms with Crippen molar-refractivity contribution in [2.75, 3.05) is 6.61 Å². The third-order valence-corrected chi connectivity index (χ3v) is 5.41. The molecule has 1 aliphatic heterocycles. The van der Waals surface area contributed by atoms with Crippen LogP contribution < -0.4 is 4.74 Å². The molecule has 0 spiro atoms. The van der Waals surface area contributed by atoms with Crippen molar-refractivity contribution >= 4 is 29.1 Å². The van der Waals surface area contributed by atoms with Crippen LogP contribution in [0.4, 0.5) is 4.39 Å². The molecule has 2 aromatic carbocycles. The molecule has 1 aliphatic rings. The number of hydrogen-bond acceptors (Lipinski definition) is 5. The number of nitrogens with zero attached hydrogens (tertiary/aromatic N) is 1. The number of amides is 1. The maximum Gasteiger partial charge on any atom is 0.296 e. The van der Waals surface area contributed by atoms with Gasteiger partial charge in [0.15, 0.2) is 0 Å². The average Bonchev–Trinajstić information content (AvgIpc) is 3.37. The second-order valence-corrected chi connectivity index (χ2v) is 7.55. The van der Waals surface area contributed by atoms with Gasteiger partial charge in [-0.2, -0.15) is 0 Å². The lowest BCUT2D eigenvalue weighted by Crippen LogP contribution is -2.29. The first-order valence-corrected chi connectivity index (χ1v) is 10.3. The van der Waals surface area contributed by atoms with E-state index >= 15 is 0 Å². The molecule has 164 valence electrons. The highest BCUT2D eigenvalue weighted by Crippen LogP contribution is 2.41. The highest BCUT2D eigenvalue weighted by molar-refractivity contribution is 6.46. The van der Waals surface area contributed by atoms with E-state index in [1.165, 1.54) is 41.5 Å². The van der Waals surface area contributed by atoms with Gasteiger partial charge in [0, 0.05) is 5.56 Å². The number of aliphatic hydroxyl groups excluding tert-OH is 1. The van der Waals surface area contributed by atoms with Crippen LogP contribution in [0, 0.1) is 5.82 Å². The molecule has 1 N–H and O–H groups in total. The van der Waals surface area contributed by atoms with Crippen LogP contribution in [0.15, 0.2) is 70.9 Å². The number of hydrogen-bond donors (Lipinski definition) is 1. The number of ketones is 1. The Labute approximate surface area is 188 Å². The van der Waals surface area contributed by atoms with Gasteiger partial charge in [-0.05, 0) is 55.0 Å². The number of Topliss-reactive ketones (excluding diaryl/α,β-unsaturated/α-hetero) is 1. The van der Waals surface area contributed by atoms with Crippen molar-refractivity contribution in [2.45, 2.75) is 19.5 Å². The van der Waals surface area contributed by atoms with Crippen molar-refractivity contribution < 1.29 is 28.2 Å². The summed E-state index contributed by atoms with van der Waals surface area (Å²) in [6.07, 6.45) is 1.45. The monoisotopic (exact) mass is 455 g/mol. The first kappa shape index (κ1) is 21.6. The van der Waals surface area contributed by atoms with Crippen LogP contribution in [-0.2, 0) is 16.1 Å². The van der Waals surface area contributed by atoms with Crippen molar-refractivity contribution in [1.29, 1.82) is 0 Å². The predicted molar refractivity (Wildman–Crippen MR) is 116 cm³/mol. The molecule has 1 atom stereocenters. The molecule has 1 saturated heterocycles. The van der Waals surface area contributed by atoms with E-state index in [2.05, 4.69) is 0 Å². The van der Waals surface area contributed by atoms with Gasteiger partial charge in [-0.15, -0.1) is 0 Å². The summed E-state index contributed by atoms with van der Waals surface area (Å²) in [5, 5.41) is 11.3. The largest absolute Gasteiger partial charge is 0.507 e. The Bertz CT molecular complexity index is 1200. The minimum atomic E-state index is -1.01. The summed E-state index contributed by atoms with van der Waals surface area (Å²) in [6, 6.07) is 12.4. The number of rotatable bonds is 6. The van der Waals surface area contributed by atoms with Crippen LogP contribution in [-0.4, -0.2) is 28.3 Å². The molecule has 8 heteroatoms. The molecule has 1 fully saturated rings. The summed E-state index contributed by atoms with van der Waals surface area (Å²) in [5.74, 6) is -1.79. The maximum absolute atomic E-state index is 14.0. The molecular formula is C24H19ClFNO5. The molecule has 0 radical (unpaired) electrons. The fourth-order valence-electron chi connectivity index (χ4n) is 3.71. The van der Waals surface area contributed by atoms with Gasteiger partial charge >= 0.3 is 0 Å². The first-order chi connectivity index (χ1) is 15.4. The second kappa shape index (κ2) is 8.88. The van der Waals surface area contributed by atoms with E-state index in [1.807, 2.05) is 6.92 Å². The lowest BCUT2D eigenvalue weighted by molar-refractivity contribution is -0.140. The number of furan rings is 1. The number of carbonyl (C=O) groups excluding carboxylic acids is 2. The molecule has 3 aromatic rings. The van der Waals surface area contributed by atoms with Gasteiger partial charge in [-0.3, -0.25) is 9.59 Å². The Morgan fingerprint density at radius 3 is 2.66 bits per heavy atom. The summed E-state index contributed by atoms with van der Waals surface area (Å²) in [6.45, 7) is 2.19. The molecule has 0 bridgehead atoms. The van der Waals surface area contributed by atoms with Gasteiger partial charge in [-0.1, -0.05) is 23.7 Å². The predicted octanol–water partition coefficient (Wildman–Crippen LogP) is 5.09. The van der Waals surface area contributed by atoms with E-state index in [1.54, 1.807) is 24.3 Å². The SMILES string of the molecule is CCOc1ccc(/C(O)=C2\C(=O)C(=O)N(Cc3ccco3)C2c2cccc(F)c2)cc1Cl. The lowest BCUT2D eigenvalue weighted by Gasteiger charge is -2.24. The van der Waals surface area contributed by atoms with E-state index < -0.39 is 29.3 Å². The van der Waals surface area contributed by atoms with Crippen LogP contribution in [0.2, 0.25) is 5.02 Å². The topological polar surface area (TPSA) is 80.0 Å². The van der Waals surface area contributed by atoms with E-state index in [9.17, 15) is 19.1 Å². The molecule has 4 rings (SSSR count). The molecule has 0 aliphatic carbocycles. The van der Waals surface area contributed by atoms with Gasteiger partial charge in [-0.25, -0.2) is 4.39 Å². The normalized spacial score (nSPS) is 17.7. The van der Waals surface area contributed by atoms with Crippen molar-refractivity contribution in [2.24, 2.45) is 0 Å². The number of aliphatic hydroxyl groups is 1. The standard InChI is InChI=1S/C24H19ClFNO5/c1-2-31-19-9-8-15(12-18(19)25)22(28)20-21(14-5-3-6-16(26)11-14)27(24(30)23(20)29)13-17-7-4-10-32-17/h3-12,21,28H,2,13H2,1H3/b22-20+. The fourth-order valence-corrected chi connectivity index (χ4v) is 3.95. The number of benzene rings is 2. The zero-order valence-corrected chi connectivity index (χ0v) is 17.8. The number of carbonyl (C=O) groups is 2. The van der Waals surface area contributed by atoms with Gasteiger partial charge < -0.3 is 19.2 Å². The number of ether oxygens (including phenoxy) is 1. The van der Waals surface area contributed by atoms with Gasteiger partial charge in [0.05, 0.1) is 36.1 Å². The molecule has 32 heavy (non-hydrogen) atoms. The Hall–Kier alpha value is -3.58. The summed E-state index contributed by atoms with van der Waals surface area (Å²) in [4.78, 5) is 27.1.